The molecule has 0 aromatic carbocycles. The summed E-state index contributed by atoms with van der Waals surface area (Å²) in [4.78, 5) is 12.5. The largest absolute Gasteiger partial charge is 0.406 e. The maximum absolute atomic E-state index is 12.3. The number of amides is 1. The third-order valence-corrected chi connectivity index (χ3v) is 2.25. The van der Waals surface area contributed by atoms with Gasteiger partial charge in [0, 0.05) is 12.2 Å². The van der Waals surface area contributed by atoms with Crippen LogP contribution in [0.25, 0.3) is 0 Å². The summed E-state index contributed by atoms with van der Waals surface area (Å²) >= 11 is 0. The standard InChI is InChI=1S/C10H15F3N4O/c1-7(2)17(6-10(11,12)13)9(18)5-16-4-3-8(14)15-16/h3-4,7H,5-6H2,1-2H3,(H2,14,15). The van der Waals surface area contributed by atoms with E-state index < -0.39 is 24.7 Å². The van der Waals surface area contributed by atoms with E-state index in [2.05, 4.69) is 5.10 Å². The van der Waals surface area contributed by atoms with Gasteiger partial charge in [-0.2, -0.15) is 18.3 Å². The third kappa shape index (κ3) is 4.27. The van der Waals surface area contributed by atoms with E-state index in [9.17, 15) is 18.0 Å². The molecule has 18 heavy (non-hydrogen) atoms. The van der Waals surface area contributed by atoms with E-state index in [1.165, 1.54) is 30.8 Å². The van der Waals surface area contributed by atoms with Gasteiger partial charge in [0.25, 0.3) is 0 Å². The lowest BCUT2D eigenvalue weighted by Gasteiger charge is -2.27. The van der Waals surface area contributed by atoms with Crippen LogP contribution in [0.5, 0.6) is 0 Å². The summed E-state index contributed by atoms with van der Waals surface area (Å²) in [6, 6.07) is 0.934. The summed E-state index contributed by atoms with van der Waals surface area (Å²) in [5.41, 5.74) is 5.36. The Labute approximate surface area is 102 Å². The number of rotatable bonds is 4. The molecule has 1 aromatic heterocycles. The van der Waals surface area contributed by atoms with Gasteiger partial charge in [-0.1, -0.05) is 0 Å². The smallest absolute Gasteiger partial charge is 0.382 e. The minimum atomic E-state index is -4.41. The highest BCUT2D eigenvalue weighted by Gasteiger charge is 2.34. The molecule has 102 valence electrons. The highest BCUT2D eigenvalue weighted by atomic mass is 19.4. The fourth-order valence-corrected chi connectivity index (χ4v) is 1.45. The number of halogens is 3. The Hall–Kier alpha value is -1.73. The van der Waals surface area contributed by atoms with Crippen molar-refractivity contribution in [3.05, 3.63) is 12.3 Å². The number of nitrogens with zero attached hydrogens (tertiary/aromatic N) is 3. The molecular weight excluding hydrogens is 249 g/mol. The Morgan fingerprint density at radius 1 is 1.56 bits per heavy atom. The van der Waals surface area contributed by atoms with Crippen LogP contribution in [0.3, 0.4) is 0 Å². The van der Waals surface area contributed by atoms with Crippen molar-refractivity contribution >= 4 is 11.7 Å². The first-order chi connectivity index (χ1) is 8.19. The van der Waals surface area contributed by atoms with E-state index >= 15 is 0 Å². The average molecular weight is 264 g/mol. The highest BCUT2D eigenvalue weighted by molar-refractivity contribution is 5.76. The number of aromatic nitrogens is 2. The summed E-state index contributed by atoms with van der Waals surface area (Å²) in [5, 5.41) is 3.75. The number of carbonyl (C=O) groups is 1. The number of carbonyl (C=O) groups excluding carboxylic acids is 1. The lowest BCUT2D eigenvalue weighted by Crippen LogP contribution is -2.44. The van der Waals surface area contributed by atoms with Crippen molar-refractivity contribution in [2.45, 2.75) is 32.6 Å². The molecule has 1 heterocycles. The predicted molar refractivity (Wildman–Crippen MR) is 59.5 cm³/mol. The molecule has 0 atom stereocenters. The maximum atomic E-state index is 12.3. The molecule has 0 aliphatic heterocycles. The second-order valence-electron chi connectivity index (χ2n) is 4.17. The van der Waals surface area contributed by atoms with Crippen molar-refractivity contribution in [3.8, 4) is 0 Å². The Balaban J connectivity index is 2.71. The maximum Gasteiger partial charge on any atom is 0.406 e. The van der Waals surface area contributed by atoms with Gasteiger partial charge in [-0.05, 0) is 19.9 Å². The van der Waals surface area contributed by atoms with Gasteiger partial charge in [-0.15, -0.1) is 0 Å². The van der Waals surface area contributed by atoms with Crippen LogP contribution in [-0.2, 0) is 11.3 Å². The monoisotopic (exact) mass is 264 g/mol. The van der Waals surface area contributed by atoms with E-state index in [1.807, 2.05) is 0 Å². The molecule has 0 fully saturated rings. The lowest BCUT2D eigenvalue weighted by atomic mass is 10.3. The van der Waals surface area contributed by atoms with Crippen molar-refractivity contribution in [3.63, 3.8) is 0 Å². The summed E-state index contributed by atoms with van der Waals surface area (Å²) in [7, 11) is 0. The highest BCUT2D eigenvalue weighted by Crippen LogP contribution is 2.18. The number of alkyl halides is 3. The van der Waals surface area contributed by atoms with Crippen molar-refractivity contribution < 1.29 is 18.0 Å². The third-order valence-electron chi connectivity index (χ3n) is 2.25. The summed E-state index contributed by atoms with van der Waals surface area (Å²) in [6.45, 7) is 1.54. The van der Waals surface area contributed by atoms with Crippen LogP contribution in [0.15, 0.2) is 12.3 Å². The van der Waals surface area contributed by atoms with Crippen molar-refractivity contribution in [2.75, 3.05) is 12.3 Å². The number of hydrogen-bond acceptors (Lipinski definition) is 3. The van der Waals surface area contributed by atoms with E-state index in [0.717, 1.165) is 4.90 Å². The first-order valence-corrected chi connectivity index (χ1v) is 5.34. The molecular formula is C10H15F3N4O. The molecule has 0 bridgehead atoms. The number of nitrogen functional groups attached to an aromatic ring is 1. The zero-order valence-corrected chi connectivity index (χ0v) is 10.1. The fourth-order valence-electron chi connectivity index (χ4n) is 1.45. The summed E-state index contributed by atoms with van der Waals surface area (Å²) < 4.78 is 38.2. The van der Waals surface area contributed by atoms with Gasteiger partial charge in [0.15, 0.2) is 0 Å². The van der Waals surface area contributed by atoms with Crippen LogP contribution < -0.4 is 5.73 Å². The topological polar surface area (TPSA) is 64.2 Å². The van der Waals surface area contributed by atoms with E-state index in [0.29, 0.717) is 0 Å². The molecule has 0 saturated carbocycles. The Morgan fingerprint density at radius 2 is 2.17 bits per heavy atom. The minimum Gasteiger partial charge on any atom is -0.382 e. The molecule has 1 rings (SSSR count). The Kier molecular flexibility index (Phi) is 4.20. The molecule has 0 saturated heterocycles. The molecule has 0 aliphatic carbocycles. The average Bonchev–Trinajstić information content (AvgIpc) is 2.58. The van der Waals surface area contributed by atoms with Gasteiger partial charge in [0.05, 0.1) is 0 Å². The normalized spacial score (nSPS) is 11.9. The van der Waals surface area contributed by atoms with Crippen molar-refractivity contribution in [1.82, 2.24) is 14.7 Å². The molecule has 0 radical (unpaired) electrons. The van der Waals surface area contributed by atoms with Crippen LogP contribution in [-0.4, -0.2) is 39.4 Å². The van der Waals surface area contributed by atoms with Crippen LogP contribution in [0.4, 0.5) is 19.0 Å². The SMILES string of the molecule is CC(C)N(CC(F)(F)F)C(=O)Cn1ccc(N)n1. The van der Waals surface area contributed by atoms with Crippen molar-refractivity contribution in [2.24, 2.45) is 0 Å². The molecule has 5 nitrogen and oxygen atoms in total. The van der Waals surface area contributed by atoms with E-state index in [4.69, 9.17) is 5.73 Å². The number of hydrogen-bond donors (Lipinski definition) is 1. The Bertz CT molecular complexity index is 414. The number of anilines is 1. The van der Waals surface area contributed by atoms with Crippen LogP contribution >= 0.6 is 0 Å². The van der Waals surface area contributed by atoms with Gasteiger partial charge in [0.1, 0.15) is 18.9 Å². The second-order valence-corrected chi connectivity index (χ2v) is 4.17. The molecule has 2 N–H and O–H groups in total. The molecule has 0 unspecified atom stereocenters. The van der Waals surface area contributed by atoms with E-state index in [1.54, 1.807) is 0 Å². The molecule has 0 spiro atoms. The van der Waals surface area contributed by atoms with Gasteiger partial charge >= 0.3 is 6.18 Å². The summed E-state index contributed by atoms with van der Waals surface area (Å²) in [6.07, 6.45) is -2.97. The second kappa shape index (κ2) is 5.28. The predicted octanol–water partition coefficient (Wildman–Crippen LogP) is 1.26. The fraction of sp³-hybridized carbons (Fsp3) is 0.600. The zero-order chi connectivity index (χ0) is 13.9. The van der Waals surface area contributed by atoms with Gasteiger partial charge in [-0.3, -0.25) is 9.48 Å². The minimum absolute atomic E-state index is 0.217. The zero-order valence-electron chi connectivity index (χ0n) is 10.1. The van der Waals surface area contributed by atoms with E-state index in [-0.39, 0.29) is 12.4 Å². The lowest BCUT2D eigenvalue weighted by molar-refractivity contribution is -0.165. The number of nitrogens with two attached hydrogens (primary N) is 1. The molecule has 1 amide bonds. The van der Waals surface area contributed by atoms with Gasteiger partial charge in [0.2, 0.25) is 5.91 Å². The van der Waals surface area contributed by atoms with Crippen LogP contribution in [0, 0.1) is 0 Å². The first-order valence-electron chi connectivity index (χ1n) is 5.34. The van der Waals surface area contributed by atoms with Crippen LogP contribution in [0.1, 0.15) is 13.8 Å². The Morgan fingerprint density at radius 3 is 2.56 bits per heavy atom. The quantitative estimate of drug-likeness (QED) is 0.890. The van der Waals surface area contributed by atoms with Crippen molar-refractivity contribution in [1.29, 1.82) is 0 Å². The summed E-state index contributed by atoms with van der Waals surface area (Å²) in [5.74, 6) is -0.430. The molecule has 8 heteroatoms. The van der Waals surface area contributed by atoms with Gasteiger partial charge < -0.3 is 10.6 Å². The molecule has 1 aromatic rings. The molecule has 0 aliphatic rings. The first kappa shape index (κ1) is 14.3. The van der Waals surface area contributed by atoms with Crippen LogP contribution in [0.2, 0.25) is 0 Å². The van der Waals surface area contributed by atoms with Gasteiger partial charge in [-0.25, -0.2) is 0 Å².